The third kappa shape index (κ3) is 4.76. The summed E-state index contributed by atoms with van der Waals surface area (Å²) in [5.74, 6) is -0.287. The highest BCUT2D eigenvalue weighted by Gasteiger charge is 2.18. The van der Waals surface area contributed by atoms with Gasteiger partial charge in [-0.05, 0) is 18.6 Å². The van der Waals surface area contributed by atoms with E-state index in [-0.39, 0.29) is 29.9 Å². The van der Waals surface area contributed by atoms with Crippen molar-refractivity contribution in [3.8, 4) is 22.9 Å². The molecule has 0 aliphatic heterocycles. The number of halogens is 1. The number of hydrogen-bond acceptors (Lipinski definition) is 7. The van der Waals surface area contributed by atoms with E-state index in [2.05, 4.69) is 25.5 Å². The van der Waals surface area contributed by atoms with E-state index in [0.29, 0.717) is 40.3 Å². The van der Waals surface area contributed by atoms with Gasteiger partial charge in [0, 0.05) is 17.2 Å². The monoisotopic (exact) mass is 469 g/mol. The van der Waals surface area contributed by atoms with Crippen molar-refractivity contribution in [3.05, 3.63) is 96.2 Å². The zero-order chi connectivity index (χ0) is 24.2. The summed E-state index contributed by atoms with van der Waals surface area (Å²) >= 11 is 0. The van der Waals surface area contributed by atoms with Crippen LogP contribution in [0.2, 0.25) is 0 Å². The second kappa shape index (κ2) is 9.56. The van der Waals surface area contributed by atoms with Crippen LogP contribution in [-0.4, -0.2) is 30.8 Å². The number of anilines is 2. The van der Waals surface area contributed by atoms with Crippen LogP contribution in [0.5, 0.6) is 0 Å². The Morgan fingerprint density at radius 3 is 2.86 bits per heavy atom. The molecule has 1 aliphatic carbocycles. The standard InChI is InChI=1S/C25H20FN7O2/c26-18-10-6-5-9-17(18)15-33-22(19-11-12-35-32-19)13-20(31-33)24-28-14-21(23(27)30-24)29-25(34)16-7-3-1-2-4-8-16/h1-7,9-14H,8,15H2,(H,29,34)(H2,27,28,30). The van der Waals surface area contributed by atoms with Crippen molar-refractivity contribution in [1.29, 1.82) is 0 Å². The number of nitrogen functional groups attached to an aromatic ring is 1. The normalized spacial score (nSPS) is 12.9. The Morgan fingerprint density at radius 1 is 1.17 bits per heavy atom. The van der Waals surface area contributed by atoms with E-state index in [1.807, 2.05) is 18.2 Å². The van der Waals surface area contributed by atoms with Gasteiger partial charge in [0.05, 0.1) is 18.4 Å². The first kappa shape index (κ1) is 22.0. The first-order valence-electron chi connectivity index (χ1n) is 10.8. The summed E-state index contributed by atoms with van der Waals surface area (Å²) in [5.41, 5.74) is 8.99. The lowest BCUT2D eigenvalue weighted by Crippen LogP contribution is -2.16. The van der Waals surface area contributed by atoms with Gasteiger partial charge in [-0.25, -0.2) is 14.4 Å². The van der Waals surface area contributed by atoms with Crippen LogP contribution in [0.1, 0.15) is 12.0 Å². The Morgan fingerprint density at radius 2 is 2.06 bits per heavy atom. The molecule has 1 aromatic carbocycles. The summed E-state index contributed by atoms with van der Waals surface area (Å²) in [6, 6.07) is 9.87. The fourth-order valence-corrected chi connectivity index (χ4v) is 3.55. The number of rotatable bonds is 6. The van der Waals surface area contributed by atoms with Gasteiger partial charge in [0.1, 0.15) is 29.2 Å². The second-order valence-electron chi connectivity index (χ2n) is 7.70. The van der Waals surface area contributed by atoms with Gasteiger partial charge in [-0.1, -0.05) is 53.7 Å². The SMILES string of the molecule is Nc1nc(-c2cc(-c3ccon3)n(Cc3ccccc3F)n2)ncc1NC(=O)C1=CC=CC=CC1. The van der Waals surface area contributed by atoms with Crippen molar-refractivity contribution in [1.82, 2.24) is 24.9 Å². The van der Waals surface area contributed by atoms with Gasteiger partial charge < -0.3 is 15.6 Å². The molecule has 35 heavy (non-hydrogen) atoms. The lowest BCUT2D eigenvalue weighted by atomic mass is 10.1. The number of nitrogens with one attached hydrogen (secondary N) is 1. The Labute approximate surface area is 199 Å². The summed E-state index contributed by atoms with van der Waals surface area (Å²) in [6.45, 7) is 0.163. The van der Waals surface area contributed by atoms with E-state index < -0.39 is 0 Å². The van der Waals surface area contributed by atoms with Gasteiger partial charge >= 0.3 is 0 Å². The molecule has 1 amide bonds. The number of benzene rings is 1. The average molecular weight is 469 g/mol. The number of carbonyl (C=O) groups excluding carboxylic acids is 1. The molecule has 174 valence electrons. The number of aromatic nitrogens is 5. The largest absolute Gasteiger partial charge is 0.382 e. The molecule has 0 radical (unpaired) electrons. The number of nitrogens with zero attached hydrogens (tertiary/aromatic N) is 5. The second-order valence-corrected chi connectivity index (χ2v) is 7.70. The lowest BCUT2D eigenvalue weighted by Gasteiger charge is -2.09. The van der Waals surface area contributed by atoms with Gasteiger partial charge in [-0.2, -0.15) is 5.10 Å². The van der Waals surface area contributed by atoms with E-state index in [1.54, 1.807) is 47.2 Å². The Hall–Kier alpha value is -4.86. The van der Waals surface area contributed by atoms with Crippen LogP contribution in [0.4, 0.5) is 15.9 Å². The Bertz CT molecular complexity index is 1470. The summed E-state index contributed by atoms with van der Waals surface area (Å²) in [6.07, 6.45) is 12.5. The van der Waals surface area contributed by atoms with E-state index in [9.17, 15) is 9.18 Å². The van der Waals surface area contributed by atoms with Crippen molar-refractivity contribution in [2.24, 2.45) is 0 Å². The minimum Gasteiger partial charge on any atom is -0.382 e. The van der Waals surface area contributed by atoms with Crippen LogP contribution in [0.15, 0.2) is 89.3 Å². The molecule has 0 saturated heterocycles. The minimum absolute atomic E-state index is 0.0929. The molecule has 3 N–H and O–H groups in total. The number of allylic oxidation sites excluding steroid dienone is 5. The molecule has 0 spiro atoms. The van der Waals surface area contributed by atoms with Gasteiger partial charge in [0.25, 0.3) is 5.91 Å². The fraction of sp³-hybridized carbons (Fsp3) is 0.0800. The summed E-state index contributed by atoms with van der Waals surface area (Å²) < 4.78 is 20.8. The first-order valence-corrected chi connectivity index (χ1v) is 10.8. The van der Waals surface area contributed by atoms with Crippen LogP contribution < -0.4 is 11.1 Å². The lowest BCUT2D eigenvalue weighted by molar-refractivity contribution is -0.112. The minimum atomic E-state index is -0.342. The van der Waals surface area contributed by atoms with Crippen molar-refractivity contribution >= 4 is 17.4 Å². The quantitative estimate of drug-likeness (QED) is 0.435. The van der Waals surface area contributed by atoms with Crippen LogP contribution in [0, 0.1) is 5.82 Å². The zero-order valence-corrected chi connectivity index (χ0v) is 18.4. The molecule has 0 bridgehead atoms. The smallest absolute Gasteiger partial charge is 0.252 e. The molecule has 1 aliphatic rings. The van der Waals surface area contributed by atoms with E-state index in [1.165, 1.54) is 18.5 Å². The molecule has 10 heteroatoms. The van der Waals surface area contributed by atoms with Crippen LogP contribution in [-0.2, 0) is 11.3 Å². The highest BCUT2D eigenvalue weighted by molar-refractivity contribution is 6.05. The molecule has 0 unspecified atom stereocenters. The third-order valence-corrected chi connectivity index (χ3v) is 5.34. The summed E-state index contributed by atoms with van der Waals surface area (Å²) in [4.78, 5) is 21.3. The Kier molecular flexibility index (Phi) is 6.00. The first-order chi connectivity index (χ1) is 17.1. The molecule has 4 aromatic rings. The third-order valence-electron chi connectivity index (χ3n) is 5.34. The number of hydrogen-bond donors (Lipinski definition) is 2. The molecular weight excluding hydrogens is 449 g/mol. The highest BCUT2D eigenvalue weighted by Crippen LogP contribution is 2.27. The van der Waals surface area contributed by atoms with Crippen LogP contribution in [0.25, 0.3) is 22.9 Å². The fourth-order valence-electron chi connectivity index (χ4n) is 3.55. The molecule has 5 rings (SSSR count). The van der Waals surface area contributed by atoms with E-state index in [4.69, 9.17) is 10.3 Å². The topological polar surface area (TPSA) is 125 Å². The van der Waals surface area contributed by atoms with Crippen LogP contribution in [0.3, 0.4) is 0 Å². The van der Waals surface area contributed by atoms with E-state index >= 15 is 0 Å². The van der Waals surface area contributed by atoms with E-state index in [0.717, 1.165) is 0 Å². The average Bonchev–Trinajstić information content (AvgIpc) is 3.45. The summed E-state index contributed by atoms with van der Waals surface area (Å²) in [7, 11) is 0. The molecule has 0 saturated carbocycles. The zero-order valence-electron chi connectivity index (χ0n) is 18.4. The molecule has 9 nitrogen and oxygen atoms in total. The maximum absolute atomic E-state index is 14.3. The maximum Gasteiger partial charge on any atom is 0.252 e. The molecule has 0 fully saturated rings. The van der Waals surface area contributed by atoms with Crippen molar-refractivity contribution in [2.45, 2.75) is 13.0 Å². The van der Waals surface area contributed by atoms with Gasteiger partial charge in [0.2, 0.25) is 0 Å². The number of carbonyl (C=O) groups is 1. The molecular formula is C25H20FN7O2. The van der Waals surface area contributed by atoms with Crippen LogP contribution >= 0.6 is 0 Å². The van der Waals surface area contributed by atoms with Crippen molar-refractivity contribution < 1.29 is 13.7 Å². The number of amides is 1. The molecule has 3 heterocycles. The predicted molar refractivity (Wildman–Crippen MR) is 128 cm³/mol. The van der Waals surface area contributed by atoms with Crippen molar-refractivity contribution in [3.63, 3.8) is 0 Å². The predicted octanol–water partition coefficient (Wildman–Crippen LogP) is 4.15. The highest BCUT2D eigenvalue weighted by atomic mass is 19.1. The maximum atomic E-state index is 14.3. The van der Waals surface area contributed by atoms with Gasteiger partial charge in [-0.3, -0.25) is 9.48 Å². The van der Waals surface area contributed by atoms with Gasteiger partial charge in [-0.15, -0.1) is 0 Å². The molecule has 0 atom stereocenters. The Balaban J connectivity index is 1.43. The summed E-state index contributed by atoms with van der Waals surface area (Å²) in [5, 5.41) is 11.3. The number of nitrogens with two attached hydrogens (primary N) is 1. The van der Waals surface area contributed by atoms with Crippen molar-refractivity contribution in [2.75, 3.05) is 11.1 Å². The molecule has 3 aromatic heterocycles. The van der Waals surface area contributed by atoms with Gasteiger partial charge in [0.15, 0.2) is 11.6 Å².